The lowest BCUT2D eigenvalue weighted by atomic mass is 10.1. The Balaban J connectivity index is 2.09. The molecule has 6 heteroatoms. The highest BCUT2D eigenvalue weighted by Gasteiger charge is 2.26. The Bertz CT molecular complexity index is 819. The quantitative estimate of drug-likeness (QED) is 0.631. The molecule has 3 rings (SSSR count). The molecular formula is C20H29IN4O. The van der Waals surface area contributed by atoms with Gasteiger partial charge >= 0.3 is 0 Å². The van der Waals surface area contributed by atoms with Crippen LogP contribution in [0.4, 0.5) is 0 Å². The van der Waals surface area contributed by atoms with Gasteiger partial charge in [-0.1, -0.05) is 13.3 Å². The smallest absolute Gasteiger partial charge is 0.261 e. The number of nitrogens with zero attached hydrogens (tertiary/aromatic N) is 4. The van der Waals surface area contributed by atoms with E-state index in [1.807, 2.05) is 29.7 Å². The van der Waals surface area contributed by atoms with Gasteiger partial charge in [0.05, 0.1) is 16.9 Å². The van der Waals surface area contributed by atoms with Gasteiger partial charge < -0.3 is 4.90 Å². The zero-order chi connectivity index (χ0) is 18.7. The van der Waals surface area contributed by atoms with Crippen LogP contribution >= 0.6 is 22.6 Å². The number of rotatable bonds is 5. The summed E-state index contributed by atoms with van der Waals surface area (Å²) in [6.07, 6.45) is 3.28. The van der Waals surface area contributed by atoms with Gasteiger partial charge in [0.1, 0.15) is 5.82 Å². The lowest BCUT2D eigenvalue weighted by Gasteiger charge is -2.31. The van der Waals surface area contributed by atoms with Gasteiger partial charge in [0.25, 0.3) is 5.56 Å². The van der Waals surface area contributed by atoms with E-state index in [1.54, 1.807) is 0 Å². The highest BCUT2D eigenvalue weighted by Crippen LogP contribution is 2.26. The second-order valence-corrected chi connectivity index (χ2v) is 8.42. The molecule has 0 spiro atoms. The topological polar surface area (TPSA) is 41.4 Å². The second-order valence-electron chi connectivity index (χ2n) is 7.18. The number of hydrogen-bond donors (Lipinski definition) is 0. The lowest BCUT2D eigenvalue weighted by molar-refractivity contribution is 0.180. The fourth-order valence-corrected chi connectivity index (χ4v) is 4.39. The lowest BCUT2D eigenvalue weighted by Crippen LogP contribution is -2.37. The third-order valence-electron chi connectivity index (χ3n) is 5.32. The zero-order valence-electron chi connectivity index (χ0n) is 16.0. The third kappa shape index (κ3) is 4.12. The number of aromatic nitrogens is 2. The first kappa shape index (κ1) is 19.8. The van der Waals surface area contributed by atoms with Crippen LogP contribution < -0.4 is 5.56 Å². The van der Waals surface area contributed by atoms with Crippen molar-refractivity contribution in [3.05, 3.63) is 37.9 Å². The molecule has 1 aromatic carbocycles. The average molecular weight is 468 g/mol. The molecule has 0 radical (unpaired) electrons. The van der Waals surface area contributed by atoms with Crippen LogP contribution in [0.5, 0.6) is 0 Å². The summed E-state index contributed by atoms with van der Waals surface area (Å²) in [5.41, 5.74) is 0.919. The summed E-state index contributed by atoms with van der Waals surface area (Å²) in [5, 5.41) is 0.730. The molecule has 1 atom stereocenters. The predicted octanol–water partition coefficient (Wildman–Crippen LogP) is 3.50. The molecule has 1 aromatic heterocycles. The van der Waals surface area contributed by atoms with E-state index in [-0.39, 0.29) is 11.6 Å². The van der Waals surface area contributed by atoms with Crippen molar-refractivity contribution in [3.8, 4) is 0 Å². The van der Waals surface area contributed by atoms with E-state index >= 15 is 0 Å². The Labute approximate surface area is 169 Å². The van der Waals surface area contributed by atoms with Crippen molar-refractivity contribution in [2.45, 2.75) is 45.7 Å². The molecule has 0 saturated carbocycles. The van der Waals surface area contributed by atoms with Gasteiger partial charge in [-0.05, 0) is 74.1 Å². The van der Waals surface area contributed by atoms with Crippen LogP contribution in [0, 0.1) is 3.57 Å². The summed E-state index contributed by atoms with van der Waals surface area (Å²) in [7, 11) is 2.19. The Hall–Kier alpha value is -0.990. The van der Waals surface area contributed by atoms with Crippen LogP contribution in [0.15, 0.2) is 23.0 Å². The van der Waals surface area contributed by atoms with E-state index < -0.39 is 0 Å². The minimum absolute atomic E-state index is 0.0964. The Morgan fingerprint density at radius 2 is 2.00 bits per heavy atom. The normalized spacial score (nSPS) is 18.2. The molecule has 0 amide bonds. The van der Waals surface area contributed by atoms with Crippen molar-refractivity contribution in [2.75, 3.05) is 33.2 Å². The summed E-state index contributed by atoms with van der Waals surface area (Å²) in [6, 6.07) is 6.19. The molecule has 142 valence electrons. The molecule has 0 aliphatic carbocycles. The molecule has 0 N–H and O–H groups in total. The maximum atomic E-state index is 13.1. The molecule has 1 aliphatic rings. The highest BCUT2D eigenvalue weighted by molar-refractivity contribution is 14.1. The summed E-state index contributed by atoms with van der Waals surface area (Å²) >= 11 is 2.26. The Morgan fingerprint density at radius 1 is 1.19 bits per heavy atom. The molecule has 2 heterocycles. The number of fused-ring (bicyclic) bond motifs is 1. The zero-order valence-corrected chi connectivity index (χ0v) is 18.2. The maximum Gasteiger partial charge on any atom is 0.261 e. The average Bonchev–Trinajstić information content (AvgIpc) is 2.85. The van der Waals surface area contributed by atoms with Gasteiger partial charge in [0.15, 0.2) is 0 Å². The molecule has 5 nitrogen and oxygen atoms in total. The van der Waals surface area contributed by atoms with Crippen LogP contribution in [0.3, 0.4) is 0 Å². The molecule has 1 fully saturated rings. The van der Waals surface area contributed by atoms with E-state index in [4.69, 9.17) is 4.98 Å². The van der Waals surface area contributed by atoms with Gasteiger partial charge in [-0.25, -0.2) is 4.98 Å². The Morgan fingerprint density at radius 3 is 2.73 bits per heavy atom. The van der Waals surface area contributed by atoms with Gasteiger partial charge in [-0.2, -0.15) is 0 Å². The van der Waals surface area contributed by atoms with Gasteiger partial charge in [-0.3, -0.25) is 14.3 Å². The summed E-state index contributed by atoms with van der Waals surface area (Å²) in [5.74, 6) is 0.942. The molecular weight excluding hydrogens is 439 g/mol. The highest BCUT2D eigenvalue weighted by atomic mass is 127. The van der Waals surface area contributed by atoms with Crippen LogP contribution in [-0.4, -0.2) is 52.6 Å². The van der Waals surface area contributed by atoms with Gasteiger partial charge in [-0.15, -0.1) is 0 Å². The largest absolute Gasteiger partial charge is 0.305 e. The molecule has 1 aliphatic heterocycles. The van der Waals surface area contributed by atoms with Crippen molar-refractivity contribution in [2.24, 2.45) is 0 Å². The number of hydrogen-bond acceptors (Lipinski definition) is 4. The van der Waals surface area contributed by atoms with Crippen LogP contribution in [0.2, 0.25) is 0 Å². The summed E-state index contributed by atoms with van der Waals surface area (Å²) < 4.78 is 2.97. The molecule has 2 aromatic rings. The van der Waals surface area contributed by atoms with Crippen LogP contribution in [-0.2, 0) is 6.54 Å². The standard InChI is InChI=1S/C20H29IN4O/c1-4-7-18(24-11-6-10-23(3)12-13-24)19-22-17-9-8-15(21)14-16(17)20(26)25(19)5-2/h8-9,14,18H,4-7,10-13H2,1-3H3/t18-/m1/s1. The minimum Gasteiger partial charge on any atom is -0.305 e. The van der Waals surface area contributed by atoms with Crippen molar-refractivity contribution in [3.63, 3.8) is 0 Å². The first-order valence-electron chi connectivity index (χ1n) is 9.67. The van der Waals surface area contributed by atoms with E-state index in [0.717, 1.165) is 59.3 Å². The fourth-order valence-electron chi connectivity index (χ4n) is 3.90. The third-order valence-corrected chi connectivity index (χ3v) is 5.99. The minimum atomic E-state index is 0.0964. The first-order valence-corrected chi connectivity index (χ1v) is 10.8. The van der Waals surface area contributed by atoms with E-state index in [0.29, 0.717) is 6.54 Å². The van der Waals surface area contributed by atoms with E-state index in [9.17, 15) is 4.79 Å². The number of benzene rings is 1. The van der Waals surface area contributed by atoms with Crippen molar-refractivity contribution in [1.82, 2.24) is 19.4 Å². The second kappa shape index (κ2) is 8.80. The molecule has 1 saturated heterocycles. The van der Waals surface area contributed by atoms with Crippen LogP contribution in [0.25, 0.3) is 10.9 Å². The number of likely N-dealkylation sites (N-methyl/N-ethyl adjacent to an activating group) is 1. The molecule has 26 heavy (non-hydrogen) atoms. The van der Waals surface area contributed by atoms with Crippen molar-refractivity contribution in [1.29, 1.82) is 0 Å². The SMILES string of the molecule is CCC[C@H](c1nc2ccc(I)cc2c(=O)n1CC)N1CCCN(C)CC1. The summed E-state index contributed by atoms with van der Waals surface area (Å²) in [4.78, 5) is 23.1. The predicted molar refractivity (Wildman–Crippen MR) is 116 cm³/mol. The summed E-state index contributed by atoms with van der Waals surface area (Å²) in [6.45, 7) is 9.24. The van der Waals surface area contributed by atoms with E-state index in [2.05, 4.69) is 46.4 Å². The Kier molecular flexibility index (Phi) is 6.69. The van der Waals surface area contributed by atoms with Crippen molar-refractivity contribution < 1.29 is 0 Å². The van der Waals surface area contributed by atoms with Gasteiger partial charge in [0.2, 0.25) is 0 Å². The molecule has 0 unspecified atom stereocenters. The van der Waals surface area contributed by atoms with Crippen LogP contribution in [0.1, 0.15) is 45.0 Å². The molecule has 0 bridgehead atoms. The maximum absolute atomic E-state index is 13.1. The fraction of sp³-hybridized carbons (Fsp3) is 0.600. The number of halogens is 1. The van der Waals surface area contributed by atoms with E-state index in [1.165, 1.54) is 6.42 Å². The first-order chi connectivity index (χ1) is 12.5. The van der Waals surface area contributed by atoms with Gasteiger partial charge in [0, 0.05) is 29.7 Å². The van der Waals surface area contributed by atoms with Crippen molar-refractivity contribution >= 4 is 33.5 Å². The monoisotopic (exact) mass is 468 g/mol.